The number of methoxy groups -OCH3 is 2. The van der Waals surface area contributed by atoms with E-state index in [0.29, 0.717) is 22.7 Å². The van der Waals surface area contributed by atoms with E-state index in [1.807, 2.05) is 26.8 Å². The third kappa shape index (κ3) is 4.29. The highest BCUT2D eigenvalue weighted by atomic mass is 32.2. The van der Waals surface area contributed by atoms with E-state index in [9.17, 15) is 14.4 Å². The quantitative estimate of drug-likeness (QED) is 0.248. The molecule has 1 saturated heterocycles. The van der Waals surface area contributed by atoms with E-state index in [2.05, 4.69) is 5.32 Å². The second kappa shape index (κ2) is 9.45. The summed E-state index contributed by atoms with van der Waals surface area (Å²) in [5.41, 5.74) is 3.25. The summed E-state index contributed by atoms with van der Waals surface area (Å²) in [6, 6.07) is 8.64. The Balaban J connectivity index is 1.53. The van der Waals surface area contributed by atoms with Gasteiger partial charge in [-0.2, -0.15) is 0 Å². The zero-order valence-corrected chi connectivity index (χ0v) is 23.0. The van der Waals surface area contributed by atoms with Gasteiger partial charge in [0.1, 0.15) is 10.1 Å². The Morgan fingerprint density at radius 2 is 1.79 bits per heavy atom. The van der Waals surface area contributed by atoms with E-state index in [1.165, 1.54) is 13.2 Å². The van der Waals surface area contributed by atoms with Crippen molar-refractivity contribution in [3.05, 3.63) is 64.1 Å². The van der Waals surface area contributed by atoms with E-state index in [1.54, 1.807) is 48.4 Å². The molecule has 0 bridgehead atoms. The number of thioether (sulfide) groups is 1. The van der Waals surface area contributed by atoms with Gasteiger partial charge in [0, 0.05) is 17.2 Å². The van der Waals surface area contributed by atoms with E-state index in [0.717, 1.165) is 28.5 Å². The summed E-state index contributed by atoms with van der Waals surface area (Å²) in [7, 11) is 3.08. The predicted molar refractivity (Wildman–Crippen MR) is 151 cm³/mol. The van der Waals surface area contributed by atoms with E-state index in [4.69, 9.17) is 26.4 Å². The molecular weight excluding hydrogens is 524 g/mol. The highest BCUT2D eigenvalue weighted by molar-refractivity contribution is 8.27. The van der Waals surface area contributed by atoms with Crippen molar-refractivity contribution in [2.75, 3.05) is 19.1 Å². The molecule has 1 fully saturated rings. The maximum absolute atomic E-state index is 13.7. The van der Waals surface area contributed by atoms with Gasteiger partial charge in [0.05, 0.1) is 35.9 Å². The smallest absolute Gasteiger partial charge is 0.336 e. The third-order valence-electron chi connectivity index (χ3n) is 6.45. The molecule has 0 saturated carbocycles. The van der Waals surface area contributed by atoms with Crippen LogP contribution in [0.1, 0.15) is 37.5 Å². The van der Waals surface area contributed by atoms with Crippen molar-refractivity contribution in [1.82, 2.24) is 5.32 Å². The van der Waals surface area contributed by atoms with Crippen LogP contribution in [0.25, 0.3) is 17.2 Å². The molecule has 1 N–H and O–H groups in total. The molecule has 5 rings (SSSR count). The van der Waals surface area contributed by atoms with Gasteiger partial charge in [-0.25, -0.2) is 4.79 Å². The second-order valence-electron chi connectivity index (χ2n) is 9.41. The number of ether oxygens (including phenoxy) is 3. The molecule has 38 heavy (non-hydrogen) atoms. The van der Waals surface area contributed by atoms with Gasteiger partial charge in [-0.15, -0.1) is 0 Å². The Kier molecular flexibility index (Phi) is 6.40. The van der Waals surface area contributed by atoms with Gasteiger partial charge in [0.2, 0.25) is 0 Å². The van der Waals surface area contributed by atoms with E-state index >= 15 is 0 Å². The molecule has 2 aromatic rings. The Labute approximate surface area is 229 Å². The van der Waals surface area contributed by atoms with Gasteiger partial charge < -0.3 is 19.5 Å². The standard InChI is InChI=1S/C28H24N2O6S2/c1-14-13-28(2,3)30-23-17(14)11-16(12-18(23)22(26(30)33)24-25(32)29-27(37)38-24)36-21(31)9-7-15-6-8-19(34-4)20(10-15)35-5/h6-13H,1-5H3,(H,29,32,37). The lowest BCUT2D eigenvalue weighted by atomic mass is 9.89. The van der Waals surface area contributed by atoms with Gasteiger partial charge >= 0.3 is 5.97 Å². The Bertz CT molecular complexity index is 1540. The molecule has 0 radical (unpaired) electrons. The monoisotopic (exact) mass is 548 g/mol. The van der Waals surface area contributed by atoms with Crippen molar-refractivity contribution >= 4 is 69.0 Å². The third-order valence-corrected chi connectivity index (χ3v) is 7.68. The highest BCUT2D eigenvalue weighted by Gasteiger charge is 2.47. The van der Waals surface area contributed by atoms with Crippen LogP contribution in [0.5, 0.6) is 17.2 Å². The van der Waals surface area contributed by atoms with Crippen LogP contribution in [-0.2, 0) is 14.4 Å². The first-order chi connectivity index (χ1) is 18.0. The number of rotatable bonds is 5. The Morgan fingerprint density at radius 1 is 1.08 bits per heavy atom. The molecule has 0 atom stereocenters. The highest BCUT2D eigenvalue weighted by Crippen LogP contribution is 2.52. The number of allylic oxidation sites excluding steroid dienone is 1. The molecule has 194 valence electrons. The summed E-state index contributed by atoms with van der Waals surface area (Å²) >= 11 is 6.21. The largest absolute Gasteiger partial charge is 0.493 e. The summed E-state index contributed by atoms with van der Waals surface area (Å²) < 4.78 is 16.5. The molecule has 3 aliphatic heterocycles. The number of anilines is 1. The second-order valence-corrected chi connectivity index (χ2v) is 11.1. The number of carbonyl (C=O) groups is 3. The minimum Gasteiger partial charge on any atom is -0.493 e. The zero-order valence-electron chi connectivity index (χ0n) is 21.3. The molecule has 0 unspecified atom stereocenters. The number of hydrogen-bond acceptors (Lipinski definition) is 8. The molecule has 0 spiro atoms. The maximum atomic E-state index is 13.7. The van der Waals surface area contributed by atoms with Crippen LogP contribution in [-0.4, -0.2) is 41.9 Å². The van der Waals surface area contributed by atoms with Crippen LogP contribution in [0.15, 0.2) is 47.4 Å². The number of thiocarbonyl (C=S) groups is 1. The molecule has 0 aromatic heterocycles. The van der Waals surface area contributed by atoms with Crippen LogP contribution in [0.4, 0.5) is 5.69 Å². The minimum atomic E-state index is -0.619. The van der Waals surface area contributed by atoms with Crippen molar-refractivity contribution < 1.29 is 28.6 Å². The number of carbonyl (C=O) groups excluding carboxylic acids is 3. The predicted octanol–water partition coefficient (Wildman–Crippen LogP) is 4.72. The average molecular weight is 549 g/mol. The van der Waals surface area contributed by atoms with Gasteiger partial charge in [-0.3, -0.25) is 14.5 Å². The number of nitrogens with one attached hydrogen (secondary N) is 1. The fourth-order valence-electron chi connectivity index (χ4n) is 4.92. The van der Waals surface area contributed by atoms with Gasteiger partial charge in [-0.05, 0) is 62.2 Å². The van der Waals surface area contributed by atoms with Crippen LogP contribution in [0.3, 0.4) is 0 Å². The lowest BCUT2D eigenvalue weighted by Crippen LogP contribution is -2.46. The zero-order chi connectivity index (χ0) is 27.4. The number of hydrogen-bond donors (Lipinski definition) is 1. The molecule has 0 aliphatic carbocycles. The summed E-state index contributed by atoms with van der Waals surface area (Å²) in [4.78, 5) is 41.0. The molecule has 10 heteroatoms. The number of benzene rings is 2. The van der Waals surface area contributed by atoms with Gasteiger partial charge in [-0.1, -0.05) is 36.1 Å². The van der Waals surface area contributed by atoms with Crippen LogP contribution >= 0.6 is 24.0 Å². The summed E-state index contributed by atoms with van der Waals surface area (Å²) in [5.74, 6) is 0.0540. The summed E-state index contributed by atoms with van der Waals surface area (Å²) in [6.07, 6.45) is 4.90. The number of amides is 2. The lowest BCUT2D eigenvalue weighted by Gasteiger charge is -2.38. The van der Waals surface area contributed by atoms with Crippen molar-refractivity contribution in [3.8, 4) is 17.2 Å². The van der Waals surface area contributed by atoms with Crippen molar-refractivity contribution in [3.63, 3.8) is 0 Å². The van der Waals surface area contributed by atoms with Gasteiger partial charge in [0.15, 0.2) is 11.5 Å². The van der Waals surface area contributed by atoms with Gasteiger partial charge in [0.25, 0.3) is 11.8 Å². The summed E-state index contributed by atoms with van der Waals surface area (Å²) in [5, 5.41) is 2.58. The lowest BCUT2D eigenvalue weighted by molar-refractivity contribution is -0.129. The number of esters is 1. The molecule has 3 aliphatic rings. The maximum Gasteiger partial charge on any atom is 0.336 e. The van der Waals surface area contributed by atoms with Crippen molar-refractivity contribution in [1.29, 1.82) is 0 Å². The first-order valence-corrected chi connectivity index (χ1v) is 12.9. The Morgan fingerprint density at radius 3 is 2.45 bits per heavy atom. The SMILES string of the molecule is COc1ccc(C=CC(=O)Oc2cc3c4c(c2)C(=C2SC(=S)NC2=O)C(=O)N4C(C)(C)C=C3C)cc1OC. The average Bonchev–Trinajstić information content (AvgIpc) is 3.35. The molecular formula is C28H24N2O6S2. The summed E-state index contributed by atoms with van der Waals surface area (Å²) in [6.45, 7) is 5.82. The van der Waals surface area contributed by atoms with Crippen LogP contribution in [0.2, 0.25) is 0 Å². The normalized spacial score (nSPS) is 19.4. The minimum absolute atomic E-state index is 0.238. The van der Waals surface area contributed by atoms with E-state index in [-0.39, 0.29) is 26.5 Å². The van der Waals surface area contributed by atoms with Crippen LogP contribution in [0, 0.1) is 0 Å². The van der Waals surface area contributed by atoms with Crippen LogP contribution < -0.4 is 24.4 Å². The molecule has 3 heterocycles. The fourth-order valence-corrected chi connectivity index (χ4v) is 6.03. The topological polar surface area (TPSA) is 94.2 Å². The molecule has 2 aromatic carbocycles. The first kappa shape index (κ1) is 25.7. The van der Waals surface area contributed by atoms with E-state index < -0.39 is 17.4 Å². The molecule has 2 amide bonds. The molecule has 8 nitrogen and oxygen atoms in total. The number of nitrogens with zero attached hydrogens (tertiary/aromatic N) is 1. The van der Waals surface area contributed by atoms with Crippen molar-refractivity contribution in [2.24, 2.45) is 0 Å². The Hall–Kier alpha value is -3.89. The van der Waals surface area contributed by atoms with Crippen molar-refractivity contribution in [2.45, 2.75) is 26.3 Å². The fraction of sp³-hybridized carbons (Fsp3) is 0.214. The first-order valence-electron chi connectivity index (χ1n) is 11.7.